The van der Waals surface area contributed by atoms with Crippen LogP contribution in [0.1, 0.15) is 39.0 Å². The van der Waals surface area contributed by atoms with Gasteiger partial charge in [0.05, 0.1) is 0 Å². The number of nitrogens with one attached hydrogen (secondary N) is 2. The lowest BCUT2D eigenvalue weighted by Gasteiger charge is -2.59. The van der Waals surface area contributed by atoms with E-state index in [0.717, 1.165) is 32.1 Å². The Labute approximate surface area is 141 Å². The number of carbonyl (C=O) groups excluding carboxylic acids is 2. The fourth-order valence-corrected chi connectivity index (χ4v) is 5.78. The Kier molecular flexibility index (Phi) is 3.62. The summed E-state index contributed by atoms with van der Waals surface area (Å²) in [5.41, 5.74) is 0.410. The molecule has 2 atom stereocenters. The molecule has 0 heterocycles. The van der Waals surface area contributed by atoms with Crippen LogP contribution in [-0.2, 0) is 4.79 Å². The second-order valence-corrected chi connectivity index (χ2v) is 7.97. The molecule has 4 saturated carbocycles. The quantitative estimate of drug-likeness (QED) is 0.887. The van der Waals surface area contributed by atoms with E-state index in [4.69, 9.17) is 0 Å². The minimum Gasteiger partial charge on any atom is -0.332 e. The van der Waals surface area contributed by atoms with Crippen molar-refractivity contribution in [2.75, 3.05) is 5.32 Å². The van der Waals surface area contributed by atoms with Gasteiger partial charge in [0.25, 0.3) is 0 Å². The second kappa shape index (κ2) is 5.57. The topological polar surface area (TPSA) is 58.2 Å². The fourth-order valence-electron chi connectivity index (χ4n) is 5.78. The van der Waals surface area contributed by atoms with Crippen LogP contribution < -0.4 is 10.6 Å². The predicted molar refractivity (Wildman–Crippen MR) is 89.0 cm³/mol. The zero-order valence-corrected chi connectivity index (χ0v) is 13.8. The van der Waals surface area contributed by atoms with Crippen molar-refractivity contribution in [1.29, 1.82) is 0 Å². The summed E-state index contributed by atoms with van der Waals surface area (Å²) in [5, 5.41) is 5.99. The molecule has 2 N–H and O–H groups in total. The van der Waals surface area contributed by atoms with Crippen molar-refractivity contribution in [1.82, 2.24) is 5.32 Å². The van der Waals surface area contributed by atoms with Gasteiger partial charge in [0.15, 0.2) is 0 Å². The zero-order valence-electron chi connectivity index (χ0n) is 13.8. The van der Waals surface area contributed by atoms with Crippen LogP contribution in [0.3, 0.4) is 0 Å². The van der Waals surface area contributed by atoms with Crippen LogP contribution in [0.15, 0.2) is 24.3 Å². The molecule has 0 aliphatic heterocycles. The smallest absolute Gasteiger partial charge is 0.319 e. The predicted octanol–water partition coefficient (Wildman–Crippen LogP) is 3.73. The van der Waals surface area contributed by atoms with Gasteiger partial charge in [-0.15, -0.1) is 0 Å². The Balaban J connectivity index is 1.46. The lowest BCUT2D eigenvalue weighted by molar-refractivity contribution is -0.135. The van der Waals surface area contributed by atoms with E-state index in [1.54, 1.807) is 19.1 Å². The summed E-state index contributed by atoms with van der Waals surface area (Å²) in [6, 6.07) is 5.54. The highest BCUT2D eigenvalue weighted by molar-refractivity contribution is 5.89. The number of rotatable bonds is 3. The maximum atomic E-state index is 13.0. The molecule has 0 aromatic heterocycles. The molecule has 1 aromatic carbocycles. The Hall–Kier alpha value is -1.91. The fraction of sp³-hybridized carbons (Fsp3) is 0.579. The molecule has 4 aliphatic carbocycles. The van der Waals surface area contributed by atoms with Crippen molar-refractivity contribution in [2.24, 2.45) is 23.7 Å². The molecule has 2 amide bonds. The largest absolute Gasteiger partial charge is 0.332 e. The second-order valence-electron chi connectivity index (χ2n) is 7.97. The number of anilines is 1. The molecule has 128 valence electrons. The molecule has 5 heteroatoms. The van der Waals surface area contributed by atoms with Crippen molar-refractivity contribution < 1.29 is 14.0 Å². The first-order valence-electron chi connectivity index (χ1n) is 8.79. The van der Waals surface area contributed by atoms with E-state index >= 15 is 0 Å². The van der Waals surface area contributed by atoms with Crippen LogP contribution in [0.2, 0.25) is 0 Å². The summed E-state index contributed by atoms with van der Waals surface area (Å²) in [6.45, 7) is 1.72. The molecule has 4 aliphatic rings. The normalized spacial score (nSPS) is 36.4. The number of hydrogen-bond donors (Lipinski definition) is 2. The molecule has 2 unspecified atom stereocenters. The minimum absolute atomic E-state index is 0.174. The van der Waals surface area contributed by atoms with Gasteiger partial charge in [0.1, 0.15) is 11.6 Å². The third kappa shape index (κ3) is 2.70. The molecule has 4 bridgehead atoms. The van der Waals surface area contributed by atoms with Crippen molar-refractivity contribution in [3.8, 4) is 0 Å². The maximum absolute atomic E-state index is 13.0. The summed E-state index contributed by atoms with van der Waals surface area (Å²) in [4.78, 5) is 24.4. The van der Waals surface area contributed by atoms with Gasteiger partial charge in [-0.1, -0.05) is 0 Å². The van der Waals surface area contributed by atoms with E-state index in [2.05, 4.69) is 10.6 Å². The summed E-state index contributed by atoms with van der Waals surface area (Å²) < 4.78 is 13.0. The van der Waals surface area contributed by atoms with Gasteiger partial charge in [-0.05, 0) is 81.0 Å². The van der Waals surface area contributed by atoms with Crippen LogP contribution in [0.4, 0.5) is 14.9 Å². The Morgan fingerprint density at radius 2 is 1.71 bits per heavy atom. The first-order valence-corrected chi connectivity index (χ1v) is 8.79. The lowest BCUT2D eigenvalue weighted by Crippen LogP contribution is -2.63. The van der Waals surface area contributed by atoms with Crippen LogP contribution in [0.25, 0.3) is 0 Å². The Morgan fingerprint density at radius 3 is 2.29 bits per heavy atom. The number of carbonyl (C=O) groups is 2. The van der Waals surface area contributed by atoms with Gasteiger partial charge >= 0.3 is 6.03 Å². The van der Waals surface area contributed by atoms with Crippen molar-refractivity contribution in [3.05, 3.63) is 30.1 Å². The molecular weight excluding hydrogens is 307 g/mol. The highest BCUT2D eigenvalue weighted by Gasteiger charge is 2.56. The monoisotopic (exact) mass is 330 g/mol. The number of hydrogen-bond acceptors (Lipinski definition) is 2. The maximum Gasteiger partial charge on any atom is 0.319 e. The van der Waals surface area contributed by atoms with Crippen molar-refractivity contribution >= 4 is 17.5 Å². The van der Waals surface area contributed by atoms with E-state index in [-0.39, 0.29) is 23.3 Å². The summed E-state index contributed by atoms with van der Waals surface area (Å²) in [7, 11) is 0. The standard InChI is InChI=1S/C19H23FN2O2/c1-11(23)17-13-6-12-7-14(17)10-19(8-12,9-13)22-18(24)21-16-4-2-15(20)3-5-16/h2-5,12-14,17H,6-10H2,1H3,(H2,21,22,24). The summed E-state index contributed by atoms with van der Waals surface area (Å²) in [6.07, 6.45) is 5.08. The number of benzene rings is 1. The molecule has 0 radical (unpaired) electrons. The average molecular weight is 330 g/mol. The van der Waals surface area contributed by atoms with Crippen LogP contribution in [-0.4, -0.2) is 17.4 Å². The molecule has 0 saturated heterocycles. The van der Waals surface area contributed by atoms with E-state index < -0.39 is 0 Å². The third-order valence-corrected chi connectivity index (χ3v) is 6.22. The van der Waals surface area contributed by atoms with E-state index in [1.807, 2.05) is 0 Å². The zero-order chi connectivity index (χ0) is 16.9. The van der Waals surface area contributed by atoms with Gasteiger partial charge in [-0.3, -0.25) is 4.79 Å². The molecule has 5 rings (SSSR count). The highest BCUT2D eigenvalue weighted by Crippen LogP contribution is 2.58. The van der Waals surface area contributed by atoms with E-state index in [9.17, 15) is 14.0 Å². The number of halogens is 1. The lowest BCUT2D eigenvalue weighted by atomic mass is 9.48. The SMILES string of the molecule is CC(=O)C1C2CC3CC1CC(NC(=O)Nc1ccc(F)cc1)(C3)C2. The number of Topliss-reactive ketones (excluding diaryl/α,β-unsaturated/α-hetero) is 1. The molecule has 0 spiro atoms. The molecule has 24 heavy (non-hydrogen) atoms. The van der Waals surface area contributed by atoms with Crippen LogP contribution in [0.5, 0.6) is 0 Å². The van der Waals surface area contributed by atoms with Crippen molar-refractivity contribution in [2.45, 2.75) is 44.6 Å². The molecular formula is C19H23FN2O2. The van der Waals surface area contributed by atoms with E-state index in [0.29, 0.717) is 29.2 Å². The third-order valence-electron chi connectivity index (χ3n) is 6.22. The summed E-state index contributed by atoms with van der Waals surface area (Å²) >= 11 is 0. The Morgan fingerprint density at radius 1 is 1.08 bits per heavy atom. The van der Waals surface area contributed by atoms with Crippen LogP contribution >= 0.6 is 0 Å². The molecule has 4 nitrogen and oxygen atoms in total. The number of ketones is 1. The Bertz CT molecular complexity index is 656. The minimum atomic E-state index is -0.322. The van der Waals surface area contributed by atoms with Gasteiger partial charge in [0, 0.05) is 17.1 Å². The highest BCUT2D eigenvalue weighted by atomic mass is 19.1. The summed E-state index contributed by atoms with van der Waals surface area (Å²) in [5.74, 6) is 1.65. The van der Waals surface area contributed by atoms with Gasteiger partial charge in [0.2, 0.25) is 0 Å². The number of amides is 2. The number of urea groups is 1. The van der Waals surface area contributed by atoms with Gasteiger partial charge in [-0.25, -0.2) is 9.18 Å². The van der Waals surface area contributed by atoms with Gasteiger partial charge in [-0.2, -0.15) is 0 Å². The molecule has 4 fully saturated rings. The molecule has 1 aromatic rings. The van der Waals surface area contributed by atoms with E-state index in [1.165, 1.54) is 12.1 Å². The first-order chi connectivity index (χ1) is 11.4. The first kappa shape index (κ1) is 15.6. The average Bonchev–Trinajstić information content (AvgIpc) is 2.47. The van der Waals surface area contributed by atoms with Crippen molar-refractivity contribution in [3.63, 3.8) is 0 Å². The van der Waals surface area contributed by atoms with Gasteiger partial charge < -0.3 is 10.6 Å². The van der Waals surface area contributed by atoms with Crippen LogP contribution in [0, 0.1) is 29.5 Å².